The topological polar surface area (TPSA) is 120 Å². The largest absolute Gasteiger partial charge is 0.420 e. The van der Waals surface area contributed by atoms with Gasteiger partial charge >= 0.3 is 18.4 Å². The third-order valence-corrected chi connectivity index (χ3v) is 4.66. The maximum Gasteiger partial charge on any atom is 0.420 e. The summed E-state index contributed by atoms with van der Waals surface area (Å²) in [4.78, 5) is 17.2. The molecule has 0 radical (unpaired) electrons. The van der Waals surface area contributed by atoms with E-state index in [4.69, 9.17) is 21.9 Å². The lowest BCUT2D eigenvalue weighted by atomic mass is 9.98. The maximum atomic E-state index is 13.9. The standard InChI is InChI=1S/C22H20F7N5O2/c1-34(16-4-2-14(23)3-5-16)20(35)36-19-17(12(8-30)11-33-15(9-31)10-32)6-13(21(24,25)26)7-18(19)22(27,28)29/h2-9,11H,10,30-32H2,1H3/b12-8+,15-9+,33-11+. The van der Waals surface area contributed by atoms with Crippen molar-refractivity contribution in [3.05, 3.63) is 77.0 Å². The van der Waals surface area contributed by atoms with Crippen LogP contribution in [0.3, 0.4) is 0 Å². The highest BCUT2D eigenvalue weighted by atomic mass is 19.4. The fourth-order valence-electron chi connectivity index (χ4n) is 2.77. The molecule has 2 aromatic rings. The molecule has 1 amide bonds. The fourth-order valence-corrected chi connectivity index (χ4v) is 2.77. The number of anilines is 1. The van der Waals surface area contributed by atoms with E-state index in [1.807, 2.05) is 0 Å². The first-order valence-corrected chi connectivity index (χ1v) is 9.83. The first-order chi connectivity index (χ1) is 16.7. The predicted octanol–water partition coefficient (Wildman–Crippen LogP) is 4.63. The zero-order valence-electron chi connectivity index (χ0n) is 18.5. The summed E-state index contributed by atoms with van der Waals surface area (Å²) >= 11 is 0. The minimum Gasteiger partial charge on any atom is -0.409 e. The van der Waals surface area contributed by atoms with Crippen LogP contribution in [0.15, 0.2) is 59.5 Å². The average molecular weight is 519 g/mol. The van der Waals surface area contributed by atoms with Gasteiger partial charge in [0, 0.05) is 49.0 Å². The summed E-state index contributed by atoms with van der Waals surface area (Å²) in [5.41, 5.74) is 11.4. The van der Waals surface area contributed by atoms with Crippen LogP contribution in [0, 0.1) is 5.82 Å². The van der Waals surface area contributed by atoms with Crippen molar-refractivity contribution in [2.45, 2.75) is 12.4 Å². The molecule has 0 aromatic heterocycles. The maximum absolute atomic E-state index is 13.9. The van der Waals surface area contributed by atoms with E-state index in [2.05, 4.69) is 4.99 Å². The molecule has 2 rings (SSSR count). The van der Waals surface area contributed by atoms with Gasteiger partial charge in [0.2, 0.25) is 0 Å². The van der Waals surface area contributed by atoms with Crippen LogP contribution in [0.5, 0.6) is 5.75 Å². The van der Waals surface area contributed by atoms with E-state index < -0.39 is 52.3 Å². The molecule has 7 nitrogen and oxygen atoms in total. The number of carbonyl (C=O) groups is 1. The lowest BCUT2D eigenvalue weighted by Gasteiger charge is -2.22. The monoisotopic (exact) mass is 519 g/mol. The van der Waals surface area contributed by atoms with E-state index in [0.717, 1.165) is 48.6 Å². The van der Waals surface area contributed by atoms with Crippen molar-refractivity contribution in [2.24, 2.45) is 22.2 Å². The van der Waals surface area contributed by atoms with E-state index in [9.17, 15) is 35.5 Å². The van der Waals surface area contributed by atoms with Crippen molar-refractivity contribution in [1.29, 1.82) is 0 Å². The van der Waals surface area contributed by atoms with Gasteiger partial charge in [0.05, 0.1) is 16.8 Å². The Morgan fingerprint density at radius 2 is 1.64 bits per heavy atom. The number of halogens is 7. The Labute approximate surface area is 200 Å². The number of alkyl halides is 6. The van der Waals surface area contributed by atoms with Gasteiger partial charge in [0.15, 0.2) is 5.75 Å². The minimum absolute atomic E-state index is 0.0280. The number of rotatable bonds is 6. The Hall–Kier alpha value is -4.07. The molecule has 6 N–H and O–H groups in total. The van der Waals surface area contributed by atoms with E-state index >= 15 is 0 Å². The molecule has 0 atom stereocenters. The predicted molar refractivity (Wildman–Crippen MR) is 119 cm³/mol. The first-order valence-electron chi connectivity index (χ1n) is 9.83. The number of amides is 1. The van der Waals surface area contributed by atoms with Gasteiger partial charge in [-0.3, -0.25) is 9.89 Å². The molecule has 0 heterocycles. The van der Waals surface area contributed by atoms with Crippen LogP contribution in [-0.4, -0.2) is 25.9 Å². The summed E-state index contributed by atoms with van der Waals surface area (Å²) in [6.45, 7) is -0.203. The molecule has 0 saturated heterocycles. The summed E-state index contributed by atoms with van der Waals surface area (Å²) in [7, 11) is 1.10. The number of aliphatic imine (C=N–C) groups is 1. The third kappa shape index (κ3) is 6.75. The van der Waals surface area contributed by atoms with Gasteiger partial charge in [0.25, 0.3) is 0 Å². The van der Waals surface area contributed by atoms with Crippen molar-refractivity contribution in [1.82, 2.24) is 0 Å². The number of carbonyl (C=O) groups excluding carboxylic acids is 1. The van der Waals surface area contributed by atoms with Gasteiger partial charge in [-0.15, -0.1) is 0 Å². The second-order valence-electron chi connectivity index (χ2n) is 7.04. The molecule has 0 aliphatic heterocycles. The van der Waals surface area contributed by atoms with Gasteiger partial charge in [0.1, 0.15) is 5.82 Å². The number of hydrogen-bond donors (Lipinski definition) is 3. The smallest absolute Gasteiger partial charge is 0.409 e. The molecular weight excluding hydrogens is 499 g/mol. The quantitative estimate of drug-likeness (QED) is 0.380. The summed E-state index contributed by atoms with van der Waals surface area (Å²) in [5.74, 6) is -1.91. The lowest BCUT2D eigenvalue weighted by Crippen LogP contribution is -2.30. The lowest BCUT2D eigenvalue weighted by molar-refractivity contribution is -0.143. The van der Waals surface area contributed by atoms with Crippen LogP contribution in [-0.2, 0) is 12.4 Å². The number of nitrogens with zero attached hydrogens (tertiary/aromatic N) is 2. The molecule has 0 spiro atoms. The van der Waals surface area contributed by atoms with Gasteiger partial charge in [-0.2, -0.15) is 26.3 Å². The zero-order valence-corrected chi connectivity index (χ0v) is 18.5. The van der Waals surface area contributed by atoms with E-state index in [1.54, 1.807) is 0 Å². The first kappa shape index (κ1) is 28.2. The normalized spacial score (nSPS) is 13.2. The highest BCUT2D eigenvalue weighted by Crippen LogP contribution is 2.44. The van der Waals surface area contributed by atoms with Gasteiger partial charge in [-0.05, 0) is 36.4 Å². The van der Waals surface area contributed by atoms with Gasteiger partial charge in [-0.25, -0.2) is 9.18 Å². The summed E-state index contributed by atoms with van der Waals surface area (Å²) in [6.07, 6.45) is -9.52. The summed E-state index contributed by atoms with van der Waals surface area (Å²) in [6, 6.07) is 4.38. The van der Waals surface area contributed by atoms with Gasteiger partial charge in [-0.1, -0.05) is 0 Å². The van der Waals surface area contributed by atoms with Crippen LogP contribution in [0.1, 0.15) is 16.7 Å². The zero-order chi connectivity index (χ0) is 27.3. The van der Waals surface area contributed by atoms with Crippen molar-refractivity contribution in [3.63, 3.8) is 0 Å². The van der Waals surface area contributed by atoms with Crippen LogP contribution < -0.4 is 26.8 Å². The Bertz CT molecular complexity index is 1190. The van der Waals surface area contributed by atoms with E-state index in [1.165, 1.54) is 0 Å². The van der Waals surface area contributed by atoms with Crippen LogP contribution >= 0.6 is 0 Å². The molecule has 0 aliphatic carbocycles. The second-order valence-corrected chi connectivity index (χ2v) is 7.04. The third-order valence-electron chi connectivity index (χ3n) is 4.66. The number of nitrogens with two attached hydrogens (primary N) is 3. The van der Waals surface area contributed by atoms with Crippen LogP contribution in [0.2, 0.25) is 0 Å². The highest BCUT2D eigenvalue weighted by molar-refractivity contribution is 6.11. The Morgan fingerprint density at radius 3 is 2.11 bits per heavy atom. The second kappa shape index (κ2) is 11.1. The molecule has 0 bridgehead atoms. The summed E-state index contributed by atoms with van der Waals surface area (Å²) in [5, 5.41) is 0. The van der Waals surface area contributed by atoms with E-state index in [-0.39, 0.29) is 24.0 Å². The molecule has 194 valence electrons. The summed E-state index contributed by atoms with van der Waals surface area (Å²) < 4.78 is 100. The molecule has 0 fully saturated rings. The number of allylic oxidation sites excluding steroid dienone is 1. The Morgan fingerprint density at radius 1 is 1.03 bits per heavy atom. The molecule has 2 aromatic carbocycles. The number of ether oxygens (including phenoxy) is 1. The molecule has 14 heteroatoms. The van der Waals surface area contributed by atoms with Crippen LogP contribution in [0.25, 0.3) is 5.57 Å². The van der Waals surface area contributed by atoms with Crippen LogP contribution in [0.4, 0.5) is 41.2 Å². The molecule has 0 aliphatic rings. The minimum atomic E-state index is -5.38. The number of benzene rings is 2. The van der Waals surface area contributed by atoms with Crippen molar-refractivity contribution in [3.8, 4) is 5.75 Å². The molecule has 0 saturated carbocycles. The van der Waals surface area contributed by atoms with Crippen molar-refractivity contribution in [2.75, 3.05) is 18.5 Å². The Kier molecular flexibility index (Phi) is 8.70. The highest BCUT2D eigenvalue weighted by Gasteiger charge is 2.41. The molecule has 36 heavy (non-hydrogen) atoms. The van der Waals surface area contributed by atoms with E-state index in [0.29, 0.717) is 12.3 Å². The number of hydrogen-bond acceptors (Lipinski definition) is 6. The average Bonchev–Trinajstić information content (AvgIpc) is 2.81. The molecular formula is C22H20F7N5O2. The van der Waals surface area contributed by atoms with Crippen molar-refractivity contribution >= 4 is 23.6 Å². The SMILES string of the molecule is CN(C(=O)Oc1c(C(=C/N)/C=N/C(=C/N)CN)cc(C(F)(F)F)cc1C(F)(F)F)c1ccc(F)cc1. The molecule has 0 unspecified atom stereocenters. The van der Waals surface area contributed by atoms with Gasteiger partial charge < -0.3 is 21.9 Å². The Balaban J connectivity index is 2.73. The fraction of sp³-hybridized carbons (Fsp3) is 0.182. The van der Waals surface area contributed by atoms with Crippen molar-refractivity contribution < 1.29 is 40.3 Å².